The quantitative estimate of drug-likeness (QED) is 0.870. The van der Waals surface area contributed by atoms with Gasteiger partial charge in [-0.25, -0.2) is 0 Å². The fourth-order valence-corrected chi connectivity index (χ4v) is 2.06. The van der Waals surface area contributed by atoms with Crippen molar-refractivity contribution in [2.75, 3.05) is 14.2 Å². The SMILES string of the molecule is COc1ccc(Cl)cc1CN(C)C(=O)c1cc(C)on1. The van der Waals surface area contributed by atoms with Crippen LogP contribution in [0.15, 0.2) is 28.8 Å². The van der Waals surface area contributed by atoms with Gasteiger partial charge in [-0.1, -0.05) is 16.8 Å². The summed E-state index contributed by atoms with van der Waals surface area (Å²) in [4.78, 5) is 13.7. The first-order valence-electron chi connectivity index (χ1n) is 6.02. The second-order valence-corrected chi connectivity index (χ2v) is 4.88. The summed E-state index contributed by atoms with van der Waals surface area (Å²) in [6.45, 7) is 2.11. The number of amides is 1. The van der Waals surface area contributed by atoms with Crippen LogP contribution in [0.25, 0.3) is 0 Å². The first-order valence-corrected chi connectivity index (χ1v) is 6.40. The molecular formula is C14H15ClN2O3. The standard InChI is InChI=1S/C14H15ClN2O3/c1-9-6-12(16-20-9)14(18)17(2)8-10-7-11(15)4-5-13(10)19-3/h4-7H,8H2,1-3H3. The van der Waals surface area contributed by atoms with Crippen LogP contribution >= 0.6 is 11.6 Å². The minimum absolute atomic E-state index is 0.219. The van der Waals surface area contributed by atoms with E-state index in [9.17, 15) is 4.79 Å². The minimum atomic E-state index is -0.219. The summed E-state index contributed by atoms with van der Waals surface area (Å²) in [7, 11) is 3.27. The second kappa shape index (κ2) is 5.96. The summed E-state index contributed by atoms with van der Waals surface area (Å²) in [6, 6.07) is 6.90. The van der Waals surface area contributed by atoms with E-state index in [1.165, 1.54) is 4.90 Å². The molecular weight excluding hydrogens is 280 g/mol. The van der Waals surface area contributed by atoms with Crippen LogP contribution in [0.5, 0.6) is 5.75 Å². The summed E-state index contributed by atoms with van der Waals surface area (Å²) in [6.07, 6.45) is 0. The molecule has 0 unspecified atom stereocenters. The van der Waals surface area contributed by atoms with E-state index >= 15 is 0 Å². The minimum Gasteiger partial charge on any atom is -0.496 e. The van der Waals surface area contributed by atoms with Crippen LogP contribution in [0.3, 0.4) is 0 Å². The van der Waals surface area contributed by atoms with Crippen molar-refractivity contribution in [3.05, 3.63) is 46.3 Å². The smallest absolute Gasteiger partial charge is 0.276 e. The molecule has 0 bridgehead atoms. The fraction of sp³-hybridized carbons (Fsp3) is 0.286. The molecule has 1 amide bonds. The highest BCUT2D eigenvalue weighted by Gasteiger charge is 2.17. The normalized spacial score (nSPS) is 10.4. The Balaban J connectivity index is 2.17. The molecule has 1 aromatic carbocycles. The second-order valence-electron chi connectivity index (χ2n) is 4.44. The molecule has 1 aromatic heterocycles. The van der Waals surface area contributed by atoms with E-state index in [0.29, 0.717) is 23.1 Å². The Morgan fingerprint density at radius 2 is 2.20 bits per heavy atom. The Labute approximate surface area is 122 Å². The lowest BCUT2D eigenvalue weighted by Gasteiger charge is -2.17. The molecule has 5 nitrogen and oxygen atoms in total. The molecule has 0 radical (unpaired) electrons. The molecule has 0 saturated heterocycles. The number of hydrogen-bond donors (Lipinski definition) is 0. The third-order valence-electron chi connectivity index (χ3n) is 2.84. The van der Waals surface area contributed by atoms with Crippen molar-refractivity contribution in [1.82, 2.24) is 10.1 Å². The van der Waals surface area contributed by atoms with Gasteiger partial charge in [-0.2, -0.15) is 0 Å². The van der Waals surface area contributed by atoms with Crippen molar-refractivity contribution in [2.45, 2.75) is 13.5 Å². The van der Waals surface area contributed by atoms with Crippen molar-refractivity contribution < 1.29 is 14.1 Å². The third-order valence-corrected chi connectivity index (χ3v) is 3.08. The van der Waals surface area contributed by atoms with Gasteiger partial charge in [0.1, 0.15) is 11.5 Å². The maximum absolute atomic E-state index is 12.2. The zero-order valence-electron chi connectivity index (χ0n) is 11.5. The molecule has 0 saturated carbocycles. The summed E-state index contributed by atoms with van der Waals surface area (Å²) in [5.41, 5.74) is 1.11. The van der Waals surface area contributed by atoms with Crippen LogP contribution in [-0.4, -0.2) is 30.1 Å². The van der Waals surface area contributed by atoms with E-state index in [0.717, 1.165) is 5.56 Å². The first kappa shape index (κ1) is 14.4. The van der Waals surface area contributed by atoms with Crippen LogP contribution in [0.2, 0.25) is 5.02 Å². The van der Waals surface area contributed by atoms with Gasteiger partial charge in [-0.05, 0) is 25.1 Å². The number of nitrogens with zero attached hydrogens (tertiary/aromatic N) is 2. The molecule has 0 fully saturated rings. The van der Waals surface area contributed by atoms with Crippen molar-refractivity contribution >= 4 is 17.5 Å². The van der Waals surface area contributed by atoms with Gasteiger partial charge in [0.25, 0.3) is 5.91 Å². The average molecular weight is 295 g/mol. The lowest BCUT2D eigenvalue weighted by atomic mass is 10.2. The van der Waals surface area contributed by atoms with Gasteiger partial charge in [0, 0.05) is 30.2 Å². The van der Waals surface area contributed by atoms with Gasteiger partial charge >= 0.3 is 0 Å². The Hall–Kier alpha value is -2.01. The predicted octanol–water partition coefficient (Wildman–Crippen LogP) is 2.92. The molecule has 0 N–H and O–H groups in total. The van der Waals surface area contributed by atoms with Crippen LogP contribution in [0, 0.1) is 6.92 Å². The van der Waals surface area contributed by atoms with Crippen molar-refractivity contribution in [1.29, 1.82) is 0 Å². The highest BCUT2D eigenvalue weighted by molar-refractivity contribution is 6.30. The Morgan fingerprint density at radius 1 is 1.45 bits per heavy atom. The van der Waals surface area contributed by atoms with Crippen LogP contribution in [-0.2, 0) is 6.54 Å². The average Bonchev–Trinajstić information content (AvgIpc) is 2.84. The van der Waals surface area contributed by atoms with Gasteiger partial charge in [0.2, 0.25) is 0 Å². The maximum Gasteiger partial charge on any atom is 0.276 e. The topological polar surface area (TPSA) is 55.6 Å². The number of methoxy groups -OCH3 is 1. The number of ether oxygens (including phenoxy) is 1. The number of halogens is 1. The van der Waals surface area contributed by atoms with Crippen molar-refractivity contribution in [3.63, 3.8) is 0 Å². The molecule has 0 aliphatic rings. The summed E-state index contributed by atoms with van der Waals surface area (Å²) in [5, 5.41) is 4.31. The molecule has 20 heavy (non-hydrogen) atoms. The highest BCUT2D eigenvalue weighted by atomic mass is 35.5. The molecule has 0 aliphatic carbocycles. The number of benzene rings is 1. The Morgan fingerprint density at radius 3 is 2.80 bits per heavy atom. The van der Waals surface area contributed by atoms with E-state index in [1.807, 2.05) is 0 Å². The van der Waals surface area contributed by atoms with Crippen LogP contribution in [0.1, 0.15) is 21.8 Å². The van der Waals surface area contributed by atoms with E-state index < -0.39 is 0 Å². The van der Waals surface area contributed by atoms with Crippen LogP contribution < -0.4 is 4.74 Å². The zero-order valence-corrected chi connectivity index (χ0v) is 12.3. The lowest BCUT2D eigenvalue weighted by molar-refractivity contribution is 0.0774. The highest BCUT2D eigenvalue weighted by Crippen LogP contribution is 2.24. The number of aryl methyl sites for hydroxylation is 1. The van der Waals surface area contributed by atoms with Gasteiger partial charge in [0.15, 0.2) is 5.69 Å². The summed E-state index contributed by atoms with van der Waals surface area (Å²) in [5.74, 6) is 1.07. The number of carbonyl (C=O) groups is 1. The summed E-state index contributed by atoms with van der Waals surface area (Å²) >= 11 is 5.97. The van der Waals surface area contributed by atoms with Crippen molar-refractivity contribution in [3.8, 4) is 5.75 Å². The van der Waals surface area contributed by atoms with E-state index in [4.69, 9.17) is 20.9 Å². The van der Waals surface area contributed by atoms with Crippen molar-refractivity contribution in [2.24, 2.45) is 0 Å². The predicted molar refractivity (Wildman–Crippen MR) is 75.0 cm³/mol. The molecule has 6 heteroatoms. The summed E-state index contributed by atoms with van der Waals surface area (Å²) < 4.78 is 10.2. The number of rotatable bonds is 4. The maximum atomic E-state index is 12.2. The Kier molecular flexibility index (Phi) is 4.29. The van der Waals surface area contributed by atoms with Crippen LogP contribution in [0.4, 0.5) is 0 Å². The van der Waals surface area contributed by atoms with Gasteiger partial charge in [0.05, 0.1) is 7.11 Å². The molecule has 0 aliphatic heterocycles. The zero-order chi connectivity index (χ0) is 14.7. The molecule has 106 valence electrons. The number of carbonyl (C=O) groups excluding carboxylic acids is 1. The third kappa shape index (κ3) is 3.11. The number of hydrogen-bond acceptors (Lipinski definition) is 4. The molecule has 1 heterocycles. The van der Waals surface area contributed by atoms with E-state index in [1.54, 1.807) is 45.3 Å². The van der Waals surface area contributed by atoms with Gasteiger partial charge in [-0.3, -0.25) is 4.79 Å². The largest absolute Gasteiger partial charge is 0.496 e. The first-order chi connectivity index (χ1) is 9.51. The fourth-order valence-electron chi connectivity index (χ4n) is 1.86. The van der Waals surface area contributed by atoms with Gasteiger partial charge < -0.3 is 14.2 Å². The van der Waals surface area contributed by atoms with Gasteiger partial charge in [-0.15, -0.1) is 0 Å². The monoisotopic (exact) mass is 294 g/mol. The van der Waals surface area contributed by atoms with E-state index in [-0.39, 0.29) is 11.6 Å². The molecule has 0 spiro atoms. The molecule has 0 atom stereocenters. The lowest BCUT2D eigenvalue weighted by Crippen LogP contribution is -2.26. The Bertz CT molecular complexity index is 625. The molecule has 2 rings (SSSR count). The number of aromatic nitrogens is 1. The van der Waals surface area contributed by atoms with E-state index in [2.05, 4.69) is 5.16 Å². The molecule has 2 aromatic rings.